The van der Waals surface area contributed by atoms with E-state index in [4.69, 9.17) is 0 Å². The minimum atomic E-state index is -0.147. The van der Waals surface area contributed by atoms with E-state index in [9.17, 15) is 9.59 Å². The average Bonchev–Trinajstić information content (AvgIpc) is 3.06. The number of nitrogens with zero attached hydrogens (tertiary/aromatic N) is 3. The normalized spacial score (nSPS) is 11.0. The smallest absolute Gasteiger partial charge is 0.258 e. The Morgan fingerprint density at radius 1 is 1.06 bits per heavy atom. The lowest BCUT2D eigenvalue weighted by Crippen LogP contribution is -2.23. The zero-order valence-electron chi connectivity index (χ0n) is 17.7. The summed E-state index contributed by atoms with van der Waals surface area (Å²) in [4.78, 5) is 31.8. The predicted molar refractivity (Wildman–Crippen MR) is 120 cm³/mol. The molecule has 0 saturated heterocycles. The monoisotopic (exact) mass is 415 g/mol. The van der Waals surface area contributed by atoms with E-state index in [1.807, 2.05) is 67.1 Å². The van der Waals surface area contributed by atoms with Crippen LogP contribution in [0.4, 0.5) is 0 Å². The summed E-state index contributed by atoms with van der Waals surface area (Å²) in [5.74, 6) is 0.571. The first kappa shape index (κ1) is 20.5. The number of benzene rings is 2. The van der Waals surface area contributed by atoms with Crippen LogP contribution in [-0.2, 0) is 17.8 Å². The van der Waals surface area contributed by atoms with E-state index < -0.39 is 0 Å². The van der Waals surface area contributed by atoms with Crippen molar-refractivity contribution >= 4 is 16.8 Å². The molecule has 2 N–H and O–H groups in total. The maximum atomic E-state index is 12.4. The standard InChI is InChI=1S/C24H25N5O2/c1-16-20(17(2)29(28-16)18-9-4-3-5-10-18)15-25-23(30)14-8-13-22-26-21-12-7-6-11-19(21)24(31)27-22/h3-7,9-12H,8,13-15H2,1-2H3,(H,25,30)(H,26,27,31). The SMILES string of the molecule is Cc1nn(-c2ccccc2)c(C)c1CNC(=O)CCCc1nc2ccccc2c(=O)[nH]1. The molecule has 0 bridgehead atoms. The number of hydrogen-bond donors (Lipinski definition) is 2. The number of carbonyl (C=O) groups excluding carboxylic acids is 1. The molecule has 31 heavy (non-hydrogen) atoms. The number of fused-ring (bicyclic) bond motifs is 1. The number of hydrogen-bond acceptors (Lipinski definition) is 4. The van der Waals surface area contributed by atoms with Gasteiger partial charge in [0.25, 0.3) is 5.56 Å². The van der Waals surface area contributed by atoms with Crippen LogP contribution < -0.4 is 10.9 Å². The summed E-state index contributed by atoms with van der Waals surface area (Å²) in [5.41, 5.74) is 4.47. The highest BCUT2D eigenvalue weighted by molar-refractivity contribution is 5.77. The largest absolute Gasteiger partial charge is 0.352 e. The van der Waals surface area contributed by atoms with E-state index in [1.165, 1.54) is 0 Å². The quantitative estimate of drug-likeness (QED) is 0.484. The second-order valence-electron chi connectivity index (χ2n) is 7.56. The topological polar surface area (TPSA) is 92.7 Å². The molecule has 2 aromatic carbocycles. The van der Waals surface area contributed by atoms with Gasteiger partial charge >= 0.3 is 0 Å². The third-order valence-corrected chi connectivity index (χ3v) is 5.38. The van der Waals surface area contributed by atoms with E-state index in [2.05, 4.69) is 20.4 Å². The molecule has 158 valence electrons. The molecule has 7 heteroatoms. The molecule has 0 unspecified atom stereocenters. The van der Waals surface area contributed by atoms with Gasteiger partial charge in [0.15, 0.2) is 0 Å². The van der Waals surface area contributed by atoms with Gasteiger partial charge in [0, 0.05) is 30.6 Å². The molecule has 2 heterocycles. The second kappa shape index (κ2) is 8.95. The van der Waals surface area contributed by atoms with Crippen molar-refractivity contribution in [1.29, 1.82) is 0 Å². The molecule has 0 aliphatic heterocycles. The first-order valence-electron chi connectivity index (χ1n) is 10.4. The van der Waals surface area contributed by atoms with Crippen molar-refractivity contribution in [2.45, 2.75) is 39.7 Å². The van der Waals surface area contributed by atoms with Crippen LogP contribution in [-0.4, -0.2) is 25.7 Å². The van der Waals surface area contributed by atoms with Gasteiger partial charge in [-0.1, -0.05) is 30.3 Å². The van der Waals surface area contributed by atoms with E-state index in [0.29, 0.717) is 42.5 Å². The maximum Gasteiger partial charge on any atom is 0.258 e. The van der Waals surface area contributed by atoms with Crippen LogP contribution in [0.15, 0.2) is 59.4 Å². The molecule has 0 radical (unpaired) electrons. The van der Waals surface area contributed by atoms with Crippen LogP contribution in [0.3, 0.4) is 0 Å². The molecule has 0 fully saturated rings. The molecule has 0 aliphatic carbocycles. The van der Waals surface area contributed by atoms with Gasteiger partial charge in [-0.2, -0.15) is 5.10 Å². The van der Waals surface area contributed by atoms with Crippen LogP contribution in [0, 0.1) is 13.8 Å². The number of amides is 1. The van der Waals surface area contributed by atoms with Crippen molar-refractivity contribution in [3.05, 3.63) is 87.7 Å². The molecule has 4 rings (SSSR count). The van der Waals surface area contributed by atoms with Crippen molar-refractivity contribution in [2.24, 2.45) is 0 Å². The Hall–Kier alpha value is -3.74. The van der Waals surface area contributed by atoms with E-state index >= 15 is 0 Å². The number of aromatic nitrogens is 4. The van der Waals surface area contributed by atoms with Crippen LogP contribution in [0.25, 0.3) is 16.6 Å². The Morgan fingerprint density at radius 3 is 2.61 bits per heavy atom. The summed E-state index contributed by atoms with van der Waals surface area (Å²) in [7, 11) is 0. The lowest BCUT2D eigenvalue weighted by molar-refractivity contribution is -0.121. The van der Waals surface area contributed by atoms with Crippen molar-refractivity contribution in [3.8, 4) is 5.69 Å². The predicted octanol–water partition coefficient (Wildman–Crippen LogP) is 3.36. The number of carbonyl (C=O) groups is 1. The second-order valence-corrected chi connectivity index (χ2v) is 7.56. The summed E-state index contributed by atoms with van der Waals surface area (Å²) >= 11 is 0. The third kappa shape index (κ3) is 4.55. The molecular formula is C24H25N5O2. The molecule has 4 aromatic rings. The molecular weight excluding hydrogens is 390 g/mol. The van der Waals surface area contributed by atoms with Gasteiger partial charge in [0.1, 0.15) is 5.82 Å². The Bertz CT molecular complexity index is 1270. The van der Waals surface area contributed by atoms with Crippen LogP contribution in [0.1, 0.15) is 35.6 Å². The summed E-state index contributed by atoms with van der Waals surface area (Å²) < 4.78 is 1.90. The highest BCUT2D eigenvalue weighted by Crippen LogP contribution is 2.17. The van der Waals surface area contributed by atoms with Gasteiger partial charge in [0.2, 0.25) is 5.91 Å². The number of rotatable bonds is 7. The van der Waals surface area contributed by atoms with Crippen LogP contribution in [0.2, 0.25) is 0 Å². The Labute approximate surface area is 180 Å². The maximum absolute atomic E-state index is 12.4. The van der Waals surface area contributed by atoms with E-state index in [0.717, 1.165) is 22.6 Å². The lowest BCUT2D eigenvalue weighted by Gasteiger charge is -2.07. The van der Waals surface area contributed by atoms with Gasteiger partial charge in [-0.25, -0.2) is 9.67 Å². The first-order chi connectivity index (χ1) is 15.0. The number of aromatic amines is 1. The fraction of sp³-hybridized carbons (Fsp3) is 0.250. The summed E-state index contributed by atoms with van der Waals surface area (Å²) in [6.45, 7) is 4.40. The highest BCUT2D eigenvalue weighted by atomic mass is 16.1. The summed E-state index contributed by atoms with van der Waals surface area (Å²) in [6.07, 6.45) is 1.51. The molecule has 0 saturated carbocycles. The van der Waals surface area contributed by atoms with Gasteiger partial charge in [-0.15, -0.1) is 0 Å². The fourth-order valence-electron chi connectivity index (χ4n) is 3.70. The summed E-state index contributed by atoms with van der Waals surface area (Å²) in [5, 5.41) is 8.18. The molecule has 2 aromatic heterocycles. The van der Waals surface area contributed by atoms with Crippen LogP contribution >= 0.6 is 0 Å². The van der Waals surface area contributed by atoms with Gasteiger partial charge < -0.3 is 10.3 Å². The zero-order chi connectivity index (χ0) is 21.8. The average molecular weight is 415 g/mol. The Balaban J connectivity index is 1.33. The van der Waals surface area contributed by atoms with Gasteiger partial charge in [-0.05, 0) is 44.5 Å². The van der Waals surface area contributed by atoms with Crippen molar-refractivity contribution in [2.75, 3.05) is 0 Å². The van der Waals surface area contributed by atoms with Crippen molar-refractivity contribution < 1.29 is 4.79 Å². The first-order valence-corrected chi connectivity index (χ1v) is 10.4. The lowest BCUT2D eigenvalue weighted by atomic mass is 10.1. The molecule has 0 atom stereocenters. The highest BCUT2D eigenvalue weighted by Gasteiger charge is 2.13. The van der Waals surface area contributed by atoms with E-state index in [-0.39, 0.29) is 11.5 Å². The number of H-pyrrole nitrogens is 1. The van der Waals surface area contributed by atoms with E-state index in [1.54, 1.807) is 6.07 Å². The number of para-hydroxylation sites is 2. The minimum absolute atomic E-state index is 0.0330. The van der Waals surface area contributed by atoms with Crippen molar-refractivity contribution in [3.63, 3.8) is 0 Å². The fourth-order valence-corrected chi connectivity index (χ4v) is 3.70. The minimum Gasteiger partial charge on any atom is -0.352 e. The molecule has 7 nitrogen and oxygen atoms in total. The zero-order valence-corrected chi connectivity index (χ0v) is 17.7. The van der Waals surface area contributed by atoms with Crippen molar-refractivity contribution in [1.82, 2.24) is 25.1 Å². The number of nitrogens with one attached hydrogen (secondary N) is 2. The Kier molecular flexibility index (Phi) is 5.93. The van der Waals surface area contributed by atoms with Crippen LogP contribution in [0.5, 0.6) is 0 Å². The van der Waals surface area contributed by atoms with Gasteiger partial charge in [-0.3, -0.25) is 9.59 Å². The third-order valence-electron chi connectivity index (χ3n) is 5.38. The van der Waals surface area contributed by atoms with Gasteiger partial charge in [0.05, 0.1) is 22.3 Å². The molecule has 0 spiro atoms. The molecule has 1 amide bonds. The summed E-state index contributed by atoms with van der Waals surface area (Å²) in [6, 6.07) is 17.2. The number of aryl methyl sites for hydroxylation is 2. The molecule has 0 aliphatic rings. The Morgan fingerprint density at radius 2 is 1.81 bits per heavy atom.